The van der Waals surface area contributed by atoms with Gasteiger partial charge in [-0.05, 0) is 25.3 Å². The van der Waals surface area contributed by atoms with E-state index >= 15 is 0 Å². The monoisotopic (exact) mass is 316 g/mol. The van der Waals surface area contributed by atoms with E-state index in [0.29, 0.717) is 19.2 Å². The summed E-state index contributed by atoms with van der Waals surface area (Å²) in [5.41, 5.74) is 2.16. The lowest BCUT2D eigenvalue weighted by Gasteiger charge is -2.28. The number of carbonyl (C=O) groups is 2. The van der Waals surface area contributed by atoms with Crippen LogP contribution in [0.1, 0.15) is 36.4 Å². The number of aryl methyl sites for hydroxylation is 1. The molecule has 1 heterocycles. The van der Waals surface area contributed by atoms with Crippen LogP contribution in [0.15, 0.2) is 24.3 Å². The Morgan fingerprint density at radius 2 is 2.17 bits per heavy atom. The third kappa shape index (κ3) is 3.55. The van der Waals surface area contributed by atoms with Crippen LogP contribution in [0, 0.1) is 12.8 Å². The lowest BCUT2D eigenvalue weighted by atomic mass is 9.92. The van der Waals surface area contributed by atoms with E-state index in [1.807, 2.05) is 25.1 Å². The van der Waals surface area contributed by atoms with Gasteiger partial charge in [0, 0.05) is 26.1 Å². The van der Waals surface area contributed by atoms with E-state index in [9.17, 15) is 9.59 Å². The van der Waals surface area contributed by atoms with Gasteiger partial charge in [0.05, 0.1) is 18.6 Å². The van der Waals surface area contributed by atoms with Crippen molar-refractivity contribution in [1.82, 2.24) is 10.2 Å². The Morgan fingerprint density at radius 3 is 2.83 bits per heavy atom. The molecule has 1 saturated heterocycles. The van der Waals surface area contributed by atoms with Gasteiger partial charge in [0.15, 0.2) is 0 Å². The Labute approximate surface area is 137 Å². The van der Waals surface area contributed by atoms with E-state index in [4.69, 9.17) is 4.74 Å². The molecule has 2 fully saturated rings. The van der Waals surface area contributed by atoms with Crippen molar-refractivity contribution in [3.63, 3.8) is 0 Å². The molecule has 0 aromatic heterocycles. The summed E-state index contributed by atoms with van der Waals surface area (Å²) in [5, 5.41) is 3.06. The second kappa shape index (κ2) is 6.71. The average molecular weight is 316 g/mol. The lowest BCUT2D eigenvalue weighted by molar-refractivity contribution is -0.129. The zero-order valence-corrected chi connectivity index (χ0v) is 13.7. The van der Waals surface area contributed by atoms with Gasteiger partial charge in [0.2, 0.25) is 11.8 Å². The standard InChI is InChI=1S/C18H24N2O3/c1-12-4-3-5-13(10-12)17-15(18(22)19-14-6-7-14)11-16(21)20(17)8-9-23-2/h3-5,10,14-15,17H,6-9,11H2,1-2H3,(H,19,22)/t15-,17+/m1/s1. The molecule has 2 aliphatic rings. The maximum atomic E-state index is 12.6. The first kappa shape index (κ1) is 16.0. The average Bonchev–Trinajstić information content (AvgIpc) is 3.27. The minimum atomic E-state index is -0.318. The minimum absolute atomic E-state index is 0.00673. The highest BCUT2D eigenvalue weighted by atomic mass is 16.5. The Morgan fingerprint density at radius 1 is 1.39 bits per heavy atom. The Bertz CT molecular complexity index is 598. The molecular weight excluding hydrogens is 292 g/mol. The minimum Gasteiger partial charge on any atom is -0.383 e. The molecule has 124 valence electrons. The van der Waals surface area contributed by atoms with Gasteiger partial charge in [-0.25, -0.2) is 0 Å². The largest absolute Gasteiger partial charge is 0.383 e. The van der Waals surface area contributed by atoms with Crippen molar-refractivity contribution in [2.24, 2.45) is 5.92 Å². The zero-order valence-electron chi connectivity index (χ0n) is 13.7. The molecule has 0 unspecified atom stereocenters. The second-order valence-electron chi connectivity index (χ2n) is 6.53. The number of nitrogens with zero attached hydrogens (tertiary/aromatic N) is 1. The van der Waals surface area contributed by atoms with Crippen LogP contribution in [0.25, 0.3) is 0 Å². The number of methoxy groups -OCH3 is 1. The smallest absolute Gasteiger partial charge is 0.226 e. The zero-order chi connectivity index (χ0) is 16.4. The molecule has 0 bridgehead atoms. The molecule has 23 heavy (non-hydrogen) atoms. The van der Waals surface area contributed by atoms with Gasteiger partial charge >= 0.3 is 0 Å². The number of amides is 2. The van der Waals surface area contributed by atoms with Gasteiger partial charge in [-0.2, -0.15) is 0 Å². The molecule has 2 atom stereocenters. The number of rotatable bonds is 6. The van der Waals surface area contributed by atoms with Gasteiger partial charge in [-0.15, -0.1) is 0 Å². The van der Waals surface area contributed by atoms with Crippen LogP contribution < -0.4 is 5.32 Å². The molecule has 3 rings (SSSR count). The highest BCUT2D eigenvalue weighted by molar-refractivity contribution is 5.90. The molecule has 1 N–H and O–H groups in total. The molecule has 5 nitrogen and oxygen atoms in total. The number of hydrogen-bond donors (Lipinski definition) is 1. The molecule has 2 amide bonds. The summed E-state index contributed by atoms with van der Waals surface area (Å²) >= 11 is 0. The highest BCUT2D eigenvalue weighted by Crippen LogP contribution is 2.39. The summed E-state index contributed by atoms with van der Waals surface area (Å²) in [4.78, 5) is 26.9. The van der Waals surface area contributed by atoms with Gasteiger partial charge in [-0.1, -0.05) is 29.8 Å². The molecular formula is C18H24N2O3. The van der Waals surface area contributed by atoms with E-state index in [2.05, 4.69) is 11.4 Å². The number of ether oxygens (including phenoxy) is 1. The van der Waals surface area contributed by atoms with E-state index in [0.717, 1.165) is 24.0 Å². The van der Waals surface area contributed by atoms with Crippen molar-refractivity contribution < 1.29 is 14.3 Å². The highest BCUT2D eigenvalue weighted by Gasteiger charge is 2.45. The Hall–Kier alpha value is -1.88. The number of carbonyl (C=O) groups excluding carboxylic acids is 2. The fraction of sp³-hybridized carbons (Fsp3) is 0.556. The summed E-state index contributed by atoms with van der Waals surface area (Å²) < 4.78 is 5.14. The number of hydrogen-bond acceptors (Lipinski definition) is 3. The van der Waals surface area contributed by atoms with Crippen molar-refractivity contribution in [2.45, 2.75) is 38.3 Å². The molecule has 5 heteroatoms. The number of likely N-dealkylation sites (tertiary alicyclic amines) is 1. The predicted octanol–water partition coefficient (Wildman–Crippen LogP) is 1.81. The predicted molar refractivity (Wildman–Crippen MR) is 86.8 cm³/mol. The maximum absolute atomic E-state index is 12.6. The second-order valence-corrected chi connectivity index (χ2v) is 6.53. The Kier molecular flexibility index (Phi) is 4.66. The molecule has 1 saturated carbocycles. The summed E-state index contributed by atoms with van der Waals surface area (Å²) in [6, 6.07) is 8.20. The SMILES string of the molecule is COCCN1C(=O)C[C@@H](C(=O)NC2CC2)[C@@H]1c1cccc(C)c1. The van der Waals surface area contributed by atoms with Crippen LogP contribution in [0.4, 0.5) is 0 Å². The van der Waals surface area contributed by atoms with E-state index in [-0.39, 0.29) is 30.2 Å². The fourth-order valence-electron chi connectivity index (χ4n) is 3.28. The first-order chi connectivity index (χ1) is 11.1. The van der Waals surface area contributed by atoms with Crippen LogP contribution >= 0.6 is 0 Å². The van der Waals surface area contributed by atoms with Crippen molar-refractivity contribution >= 4 is 11.8 Å². The topological polar surface area (TPSA) is 58.6 Å². The van der Waals surface area contributed by atoms with Gasteiger partial charge in [0.1, 0.15) is 0 Å². The molecule has 1 aliphatic carbocycles. The molecule has 0 spiro atoms. The van der Waals surface area contributed by atoms with Gasteiger partial charge < -0.3 is 15.0 Å². The third-order valence-corrected chi connectivity index (χ3v) is 4.61. The van der Waals surface area contributed by atoms with E-state index in [1.165, 1.54) is 0 Å². The van der Waals surface area contributed by atoms with Crippen molar-refractivity contribution in [3.8, 4) is 0 Å². The quantitative estimate of drug-likeness (QED) is 0.871. The van der Waals surface area contributed by atoms with Crippen molar-refractivity contribution in [3.05, 3.63) is 35.4 Å². The summed E-state index contributed by atoms with van der Waals surface area (Å²) in [6.07, 6.45) is 2.38. The van der Waals surface area contributed by atoms with E-state index < -0.39 is 0 Å². The van der Waals surface area contributed by atoms with Crippen molar-refractivity contribution in [1.29, 1.82) is 0 Å². The van der Waals surface area contributed by atoms with E-state index in [1.54, 1.807) is 12.0 Å². The molecule has 1 aromatic carbocycles. The number of nitrogens with one attached hydrogen (secondary N) is 1. The summed E-state index contributed by atoms with van der Waals surface area (Å²) in [5.74, 6) is -0.279. The summed E-state index contributed by atoms with van der Waals surface area (Å²) in [7, 11) is 1.62. The van der Waals surface area contributed by atoms with Crippen LogP contribution in [-0.4, -0.2) is 43.0 Å². The third-order valence-electron chi connectivity index (χ3n) is 4.61. The van der Waals surface area contributed by atoms with Crippen LogP contribution in [0.2, 0.25) is 0 Å². The van der Waals surface area contributed by atoms with Gasteiger partial charge in [0.25, 0.3) is 0 Å². The molecule has 1 aliphatic heterocycles. The lowest BCUT2D eigenvalue weighted by Crippen LogP contribution is -2.37. The summed E-state index contributed by atoms with van der Waals surface area (Å²) in [6.45, 7) is 3.02. The first-order valence-electron chi connectivity index (χ1n) is 8.25. The van der Waals surface area contributed by atoms with Crippen LogP contribution in [-0.2, 0) is 14.3 Å². The normalized spacial score (nSPS) is 24.1. The van der Waals surface area contributed by atoms with Crippen LogP contribution in [0.5, 0.6) is 0 Å². The Balaban J connectivity index is 1.87. The first-order valence-corrected chi connectivity index (χ1v) is 8.25. The molecule has 0 radical (unpaired) electrons. The number of benzene rings is 1. The van der Waals surface area contributed by atoms with Gasteiger partial charge in [-0.3, -0.25) is 9.59 Å². The fourth-order valence-corrected chi connectivity index (χ4v) is 3.28. The molecule has 1 aromatic rings. The van der Waals surface area contributed by atoms with Crippen LogP contribution in [0.3, 0.4) is 0 Å². The maximum Gasteiger partial charge on any atom is 0.226 e. The van der Waals surface area contributed by atoms with Crippen molar-refractivity contribution in [2.75, 3.05) is 20.3 Å².